The average molecular weight is 330 g/mol. The molecular weight excluding hydrogens is 304 g/mol. The van der Waals surface area contributed by atoms with Crippen LogP contribution in [0.1, 0.15) is 40.2 Å². The summed E-state index contributed by atoms with van der Waals surface area (Å²) < 4.78 is 10.7. The lowest BCUT2D eigenvalue weighted by Crippen LogP contribution is -2.37. The van der Waals surface area contributed by atoms with Gasteiger partial charge in [-0.15, -0.1) is 0 Å². The molecule has 4 nitrogen and oxygen atoms in total. The highest BCUT2D eigenvalue weighted by atomic mass is 16.6. The minimum Gasteiger partial charge on any atom is -0.465 e. The van der Waals surface area contributed by atoms with Crippen LogP contribution < -0.4 is 0 Å². The van der Waals surface area contributed by atoms with Crippen molar-refractivity contribution in [2.24, 2.45) is 17.3 Å². The molecule has 1 aromatic carbocycles. The first-order valence-electron chi connectivity index (χ1n) is 8.37. The van der Waals surface area contributed by atoms with Crippen molar-refractivity contribution in [2.75, 3.05) is 6.61 Å². The SMILES string of the molecule is CCOC(=O)[C@]1(C(=O)OC(C)(C)C)[C@H](C)[C@@H]1/C=C/c1ccccc1. The summed E-state index contributed by atoms with van der Waals surface area (Å²) in [4.78, 5) is 25.3. The minimum atomic E-state index is -1.23. The number of benzene rings is 1. The largest absolute Gasteiger partial charge is 0.465 e. The second-order valence-electron chi connectivity index (χ2n) is 7.18. The maximum Gasteiger partial charge on any atom is 0.324 e. The summed E-state index contributed by atoms with van der Waals surface area (Å²) in [5, 5.41) is 0. The molecule has 1 saturated carbocycles. The summed E-state index contributed by atoms with van der Waals surface area (Å²) in [6, 6.07) is 9.79. The molecule has 0 heterocycles. The van der Waals surface area contributed by atoms with Gasteiger partial charge in [-0.2, -0.15) is 0 Å². The van der Waals surface area contributed by atoms with E-state index < -0.39 is 23.0 Å². The van der Waals surface area contributed by atoms with Crippen molar-refractivity contribution < 1.29 is 19.1 Å². The number of carbonyl (C=O) groups excluding carboxylic acids is 2. The van der Waals surface area contributed by atoms with E-state index in [0.29, 0.717) is 0 Å². The van der Waals surface area contributed by atoms with Gasteiger partial charge in [0.05, 0.1) is 6.61 Å². The van der Waals surface area contributed by atoms with Crippen LogP contribution in [0, 0.1) is 17.3 Å². The third-order valence-corrected chi connectivity index (χ3v) is 4.32. The van der Waals surface area contributed by atoms with Gasteiger partial charge >= 0.3 is 11.9 Å². The first kappa shape index (κ1) is 18.2. The van der Waals surface area contributed by atoms with Gasteiger partial charge in [-0.05, 0) is 39.2 Å². The highest BCUT2D eigenvalue weighted by molar-refractivity contribution is 6.05. The molecule has 24 heavy (non-hydrogen) atoms. The van der Waals surface area contributed by atoms with Gasteiger partial charge in [-0.3, -0.25) is 9.59 Å². The maximum atomic E-state index is 12.7. The van der Waals surface area contributed by atoms with Crippen LogP contribution in [0.5, 0.6) is 0 Å². The number of ether oxygens (including phenoxy) is 2. The Hall–Kier alpha value is -2.10. The number of allylic oxidation sites excluding steroid dienone is 1. The Morgan fingerprint density at radius 1 is 1.17 bits per heavy atom. The van der Waals surface area contributed by atoms with Gasteiger partial charge in [0.25, 0.3) is 0 Å². The van der Waals surface area contributed by atoms with E-state index in [1.54, 1.807) is 27.7 Å². The van der Waals surface area contributed by atoms with Gasteiger partial charge in [0.2, 0.25) is 0 Å². The summed E-state index contributed by atoms with van der Waals surface area (Å²) in [5.41, 5.74) is -0.847. The zero-order valence-corrected chi connectivity index (χ0v) is 15.0. The van der Waals surface area contributed by atoms with Crippen molar-refractivity contribution in [1.29, 1.82) is 0 Å². The zero-order valence-electron chi connectivity index (χ0n) is 15.0. The number of hydrogen-bond acceptors (Lipinski definition) is 4. The van der Waals surface area contributed by atoms with E-state index in [-0.39, 0.29) is 18.4 Å². The lowest BCUT2D eigenvalue weighted by molar-refractivity contribution is -0.172. The maximum absolute atomic E-state index is 12.7. The first-order chi connectivity index (χ1) is 11.2. The summed E-state index contributed by atoms with van der Waals surface area (Å²) in [6.07, 6.45) is 3.85. The Morgan fingerprint density at radius 2 is 1.79 bits per heavy atom. The molecule has 1 fully saturated rings. The predicted octanol–water partition coefficient (Wildman–Crippen LogP) is 3.86. The molecule has 1 aromatic rings. The van der Waals surface area contributed by atoms with Crippen molar-refractivity contribution in [3.8, 4) is 0 Å². The zero-order chi connectivity index (χ0) is 18.0. The third kappa shape index (κ3) is 3.53. The van der Waals surface area contributed by atoms with E-state index in [4.69, 9.17) is 9.47 Å². The fraction of sp³-hybridized carbons (Fsp3) is 0.500. The van der Waals surface area contributed by atoms with Gasteiger partial charge in [0.1, 0.15) is 5.60 Å². The molecule has 0 bridgehead atoms. The molecule has 0 aromatic heterocycles. The summed E-state index contributed by atoms with van der Waals surface area (Å²) in [5.74, 6) is -1.35. The lowest BCUT2D eigenvalue weighted by atomic mass is 10.0. The lowest BCUT2D eigenvalue weighted by Gasteiger charge is -2.23. The average Bonchev–Trinajstić information content (AvgIpc) is 3.10. The van der Waals surface area contributed by atoms with Crippen molar-refractivity contribution in [3.05, 3.63) is 42.0 Å². The van der Waals surface area contributed by atoms with E-state index in [1.165, 1.54) is 0 Å². The number of rotatable bonds is 5. The number of hydrogen-bond donors (Lipinski definition) is 0. The normalized spacial score (nSPS) is 26.2. The van der Waals surface area contributed by atoms with E-state index in [0.717, 1.165) is 5.56 Å². The van der Waals surface area contributed by atoms with Crippen molar-refractivity contribution in [1.82, 2.24) is 0 Å². The fourth-order valence-corrected chi connectivity index (χ4v) is 3.03. The summed E-state index contributed by atoms with van der Waals surface area (Å²) >= 11 is 0. The number of esters is 2. The summed E-state index contributed by atoms with van der Waals surface area (Å²) in [6.45, 7) is 9.26. The van der Waals surface area contributed by atoms with E-state index in [1.807, 2.05) is 49.4 Å². The van der Waals surface area contributed by atoms with Gasteiger partial charge in [-0.25, -0.2) is 0 Å². The van der Waals surface area contributed by atoms with Crippen LogP contribution in [0.15, 0.2) is 36.4 Å². The predicted molar refractivity (Wildman–Crippen MR) is 93.0 cm³/mol. The second kappa shape index (κ2) is 6.80. The molecule has 4 heteroatoms. The van der Waals surface area contributed by atoms with Crippen LogP contribution in [0.2, 0.25) is 0 Å². The highest BCUT2D eigenvalue weighted by Crippen LogP contribution is 2.61. The van der Waals surface area contributed by atoms with Gasteiger partial charge < -0.3 is 9.47 Å². The number of carbonyl (C=O) groups is 2. The smallest absolute Gasteiger partial charge is 0.324 e. The molecule has 0 radical (unpaired) electrons. The van der Waals surface area contributed by atoms with E-state index >= 15 is 0 Å². The third-order valence-electron chi connectivity index (χ3n) is 4.32. The molecule has 0 aliphatic heterocycles. The Kier molecular flexibility index (Phi) is 5.16. The van der Waals surface area contributed by atoms with Crippen LogP contribution in [-0.2, 0) is 19.1 Å². The summed E-state index contributed by atoms with van der Waals surface area (Å²) in [7, 11) is 0. The quantitative estimate of drug-likeness (QED) is 0.608. The standard InChI is InChI=1S/C20H26O4/c1-6-23-17(21)20(18(22)24-19(3,4)5)14(2)16(20)13-12-15-10-8-7-9-11-15/h7-14,16H,6H2,1-5H3/b13-12+/t14-,16+,20+/m1/s1. The van der Waals surface area contributed by atoms with Crippen LogP contribution >= 0.6 is 0 Å². The van der Waals surface area contributed by atoms with Crippen molar-refractivity contribution >= 4 is 18.0 Å². The molecule has 0 spiro atoms. The molecule has 3 atom stereocenters. The Balaban J connectivity index is 2.26. The van der Waals surface area contributed by atoms with Crippen LogP contribution in [0.4, 0.5) is 0 Å². The highest BCUT2D eigenvalue weighted by Gasteiger charge is 2.73. The van der Waals surface area contributed by atoms with Crippen LogP contribution in [0.25, 0.3) is 6.08 Å². The molecule has 2 rings (SSSR count). The van der Waals surface area contributed by atoms with Gasteiger partial charge in [-0.1, -0.05) is 49.4 Å². The van der Waals surface area contributed by atoms with Gasteiger partial charge in [0.15, 0.2) is 5.41 Å². The Labute approximate surface area is 143 Å². The minimum absolute atomic E-state index is 0.147. The monoisotopic (exact) mass is 330 g/mol. The van der Waals surface area contributed by atoms with Crippen molar-refractivity contribution in [2.45, 2.75) is 40.2 Å². The molecular formula is C20H26O4. The fourth-order valence-electron chi connectivity index (χ4n) is 3.03. The van der Waals surface area contributed by atoms with Crippen LogP contribution in [0.3, 0.4) is 0 Å². The molecule has 0 amide bonds. The molecule has 1 aliphatic rings. The van der Waals surface area contributed by atoms with E-state index in [2.05, 4.69) is 0 Å². The van der Waals surface area contributed by atoms with Crippen molar-refractivity contribution in [3.63, 3.8) is 0 Å². The topological polar surface area (TPSA) is 52.6 Å². The Morgan fingerprint density at radius 3 is 2.33 bits per heavy atom. The van der Waals surface area contributed by atoms with E-state index in [9.17, 15) is 9.59 Å². The second-order valence-corrected chi connectivity index (χ2v) is 7.18. The Bertz CT molecular complexity index is 627. The molecule has 0 unspecified atom stereocenters. The molecule has 130 valence electrons. The van der Waals surface area contributed by atoms with Gasteiger partial charge in [0, 0.05) is 5.92 Å². The molecule has 1 aliphatic carbocycles. The van der Waals surface area contributed by atoms with Crippen LogP contribution in [-0.4, -0.2) is 24.1 Å². The molecule has 0 N–H and O–H groups in total. The molecule has 0 saturated heterocycles. The first-order valence-corrected chi connectivity index (χ1v) is 8.37.